The van der Waals surface area contributed by atoms with Gasteiger partial charge in [-0.2, -0.15) is 0 Å². The first-order valence-corrected chi connectivity index (χ1v) is 9.47. The highest BCUT2D eigenvalue weighted by atomic mass is 16.8. The van der Waals surface area contributed by atoms with Gasteiger partial charge in [-0.05, 0) is 61.4 Å². The van der Waals surface area contributed by atoms with Crippen LogP contribution in [0.15, 0.2) is 42.5 Å². The maximum atomic E-state index is 13.6. The third-order valence-corrected chi connectivity index (χ3v) is 6.10. The largest absolute Gasteiger partial charge is 0.733 e. The summed E-state index contributed by atoms with van der Waals surface area (Å²) >= 11 is 0. The number of nitrogens with zero attached hydrogens (tertiary/aromatic N) is 3. The molecule has 2 aliphatic rings. The third-order valence-electron chi connectivity index (χ3n) is 6.10. The molecule has 5 rings (SSSR count). The number of ether oxygens (including phenoxy) is 1. The summed E-state index contributed by atoms with van der Waals surface area (Å²) in [6.07, 6.45) is 0.611. The average molecular weight is 407 g/mol. The fourth-order valence-electron chi connectivity index (χ4n) is 4.50. The van der Waals surface area contributed by atoms with E-state index in [-0.39, 0.29) is 16.8 Å². The minimum Gasteiger partial charge on any atom is -0.733 e. The molecular formula is C21H19N4O5-. The summed E-state index contributed by atoms with van der Waals surface area (Å²) in [7, 11) is 1.61. The van der Waals surface area contributed by atoms with Crippen LogP contribution in [0.4, 0.5) is 16.2 Å². The van der Waals surface area contributed by atoms with Crippen molar-refractivity contribution in [3.8, 4) is 5.75 Å². The number of benzene rings is 2. The molecule has 1 saturated heterocycles. The van der Waals surface area contributed by atoms with E-state index >= 15 is 0 Å². The van der Waals surface area contributed by atoms with E-state index in [0.29, 0.717) is 24.3 Å². The summed E-state index contributed by atoms with van der Waals surface area (Å²) < 4.78 is 5.34. The zero-order chi connectivity index (χ0) is 21.2. The smallest absolute Gasteiger partial charge is 0.332 e. The van der Waals surface area contributed by atoms with Crippen molar-refractivity contribution in [2.75, 3.05) is 23.8 Å². The predicted octanol–water partition coefficient (Wildman–Crippen LogP) is 3.11. The average Bonchev–Trinajstić information content (AvgIpc) is 3.21. The van der Waals surface area contributed by atoms with Crippen molar-refractivity contribution in [1.29, 1.82) is 0 Å². The molecule has 0 spiro atoms. The van der Waals surface area contributed by atoms with Crippen LogP contribution in [-0.2, 0) is 16.8 Å². The summed E-state index contributed by atoms with van der Waals surface area (Å²) in [6.45, 7) is 2.15. The molecule has 0 aliphatic carbocycles. The molecule has 9 nitrogen and oxygen atoms in total. The highest BCUT2D eigenvalue weighted by Crippen LogP contribution is 2.45. The van der Waals surface area contributed by atoms with E-state index in [4.69, 9.17) is 9.94 Å². The Balaban J connectivity index is 1.62. The molecule has 1 unspecified atom stereocenters. The van der Waals surface area contributed by atoms with Gasteiger partial charge in [0.25, 0.3) is 5.91 Å². The number of nitrogens with one attached hydrogen (secondary N) is 1. The molecule has 30 heavy (non-hydrogen) atoms. The molecule has 3 heterocycles. The van der Waals surface area contributed by atoms with Gasteiger partial charge in [0.2, 0.25) is 0 Å². The van der Waals surface area contributed by atoms with Gasteiger partial charge in [-0.15, -0.1) is 0 Å². The van der Waals surface area contributed by atoms with Gasteiger partial charge in [-0.1, -0.05) is 0 Å². The SMILES string of the molecule is COc1ccc2[nH]c3c(c2c1)CCN1C(=O)N(c2ccc(N([O-])O)cc2)C(=O)C31C. The van der Waals surface area contributed by atoms with Crippen molar-refractivity contribution in [3.63, 3.8) is 0 Å². The van der Waals surface area contributed by atoms with Gasteiger partial charge in [0, 0.05) is 17.4 Å². The number of aromatic nitrogens is 1. The number of methoxy groups -OCH3 is 1. The second-order valence-corrected chi connectivity index (χ2v) is 7.58. The number of H-pyrrole nitrogens is 1. The molecule has 1 atom stereocenters. The molecule has 0 saturated carbocycles. The number of carbonyl (C=O) groups excluding carboxylic acids is 2. The summed E-state index contributed by atoms with van der Waals surface area (Å²) in [5.74, 6) is 0.353. The molecule has 1 fully saturated rings. The van der Waals surface area contributed by atoms with Crippen LogP contribution in [0.5, 0.6) is 5.75 Å². The number of anilines is 2. The Bertz CT molecular complexity index is 1190. The van der Waals surface area contributed by atoms with Crippen LogP contribution in [0.2, 0.25) is 0 Å². The lowest BCUT2D eigenvalue weighted by molar-refractivity contribution is -0.125. The molecule has 154 valence electrons. The van der Waals surface area contributed by atoms with Crippen molar-refractivity contribution in [2.24, 2.45) is 0 Å². The molecule has 0 bridgehead atoms. The van der Waals surface area contributed by atoms with Gasteiger partial charge in [0.1, 0.15) is 5.75 Å². The number of carbonyl (C=O) groups is 2. The Morgan fingerprint density at radius 1 is 1.20 bits per heavy atom. The van der Waals surface area contributed by atoms with Gasteiger partial charge in [-0.25, -0.2) is 9.69 Å². The molecule has 2 aliphatic heterocycles. The first-order valence-electron chi connectivity index (χ1n) is 9.47. The van der Waals surface area contributed by atoms with E-state index in [0.717, 1.165) is 27.1 Å². The Morgan fingerprint density at radius 2 is 1.93 bits per heavy atom. The van der Waals surface area contributed by atoms with Crippen LogP contribution in [0, 0.1) is 5.21 Å². The minimum absolute atomic E-state index is 0.00799. The Morgan fingerprint density at radius 3 is 2.60 bits per heavy atom. The lowest BCUT2D eigenvalue weighted by atomic mass is 9.87. The number of imide groups is 1. The monoisotopic (exact) mass is 407 g/mol. The predicted molar refractivity (Wildman–Crippen MR) is 110 cm³/mol. The third kappa shape index (κ3) is 2.30. The van der Waals surface area contributed by atoms with E-state index in [1.54, 1.807) is 18.9 Å². The standard InChI is InChI=1S/C21H19N4O5/c1-21-18-15(16-11-14(30-2)7-8-17(16)22-18)9-10-23(21)20(27)24(19(21)26)12-3-5-13(6-4-12)25(28)29/h3-8,11,22,28H,9-10H2,1-2H3/q-1. The number of hydrogen-bond acceptors (Lipinski definition) is 6. The van der Waals surface area contributed by atoms with E-state index in [2.05, 4.69) is 4.98 Å². The van der Waals surface area contributed by atoms with Gasteiger partial charge in [-0.3, -0.25) is 10.0 Å². The normalized spacial score (nSPS) is 20.5. The van der Waals surface area contributed by atoms with Crippen LogP contribution in [0.3, 0.4) is 0 Å². The van der Waals surface area contributed by atoms with Gasteiger partial charge in [0.05, 0.1) is 24.2 Å². The zero-order valence-electron chi connectivity index (χ0n) is 16.4. The van der Waals surface area contributed by atoms with Crippen LogP contribution < -0.4 is 14.9 Å². The second kappa shape index (κ2) is 6.22. The highest BCUT2D eigenvalue weighted by molar-refractivity contribution is 6.23. The van der Waals surface area contributed by atoms with Crippen molar-refractivity contribution in [3.05, 3.63) is 58.9 Å². The van der Waals surface area contributed by atoms with Crippen molar-refractivity contribution in [1.82, 2.24) is 9.88 Å². The maximum absolute atomic E-state index is 13.6. The second-order valence-electron chi connectivity index (χ2n) is 7.58. The number of amides is 3. The topological polar surface area (TPSA) is 112 Å². The van der Waals surface area contributed by atoms with Crippen molar-refractivity contribution in [2.45, 2.75) is 18.9 Å². The fourth-order valence-corrected chi connectivity index (χ4v) is 4.50. The lowest BCUT2D eigenvalue weighted by Crippen LogP contribution is -2.49. The van der Waals surface area contributed by atoms with E-state index < -0.39 is 11.6 Å². The molecule has 0 radical (unpaired) electrons. The summed E-state index contributed by atoms with van der Waals surface area (Å²) in [6, 6.07) is 10.9. The summed E-state index contributed by atoms with van der Waals surface area (Å²) in [4.78, 5) is 32.8. The Hall–Kier alpha value is -3.56. The molecule has 2 aromatic carbocycles. The lowest BCUT2D eigenvalue weighted by Gasteiger charge is -2.35. The highest BCUT2D eigenvalue weighted by Gasteiger charge is 2.59. The van der Waals surface area contributed by atoms with Crippen LogP contribution >= 0.6 is 0 Å². The van der Waals surface area contributed by atoms with Crippen LogP contribution in [0.1, 0.15) is 18.2 Å². The van der Waals surface area contributed by atoms with E-state index in [1.165, 1.54) is 24.3 Å². The molecule has 9 heteroatoms. The molecule has 1 aromatic heterocycles. The zero-order valence-corrected chi connectivity index (χ0v) is 16.4. The molecule has 2 N–H and O–H groups in total. The van der Waals surface area contributed by atoms with Crippen molar-refractivity contribution >= 4 is 34.2 Å². The maximum Gasteiger partial charge on any atom is 0.332 e. The van der Waals surface area contributed by atoms with Gasteiger partial charge >= 0.3 is 6.03 Å². The number of aromatic amines is 1. The summed E-state index contributed by atoms with van der Waals surface area (Å²) in [5.41, 5.74) is 1.76. The number of fused-ring (bicyclic) bond motifs is 5. The summed E-state index contributed by atoms with van der Waals surface area (Å²) in [5, 5.41) is 20.8. The van der Waals surface area contributed by atoms with Gasteiger partial charge < -0.3 is 25.1 Å². The van der Waals surface area contributed by atoms with E-state index in [9.17, 15) is 14.8 Å². The molecular weight excluding hydrogens is 388 g/mol. The van der Waals surface area contributed by atoms with Crippen LogP contribution in [-0.4, -0.2) is 40.7 Å². The van der Waals surface area contributed by atoms with Crippen molar-refractivity contribution < 1.29 is 19.5 Å². The fraction of sp³-hybridized carbons (Fsp3) is 0.238. The molecule has 3 amide bonds. The molecule has 3 aromatic rings. The number of urea groups is 1. The first-order chi connectivity index (χ1) is 14.4. The number of rotatable bonds is 3. The Labute approximate surface area is 171 Å². The van der Waals surface area contributed by atoms with E-state index in [1.807, 2.05) is 18.2 Å². The quantitative estimate of drug-likeness (QED) is 0.510. The Kier molecular flexibility index (Phi) is 3.83. The minimum atomic E-state index is -1.17. The first kappa shape index (κ1) is 18.5. The van der Waals surface area contributed by atoms with Crippen LogP contribution in [0.25, 0.3) is 10.9 Å². The number of hydrogen-bond donors (Lipinski definition) is 2. The van der Waals surface area contributed by atoms with Gasteiger partial charge in [0.15, 0.2) is 5.54 Å².